The largest absolute Gasteiger partial charge is 0.493 e. The van der Waals surface area contributed by atoms with E-state index in [9.17, 15) is 4.79 Å². The summed E-state index contributed by atoms with van der Waals surface area (Å²) < 4.78 is 22.2. The zero-order valence-electron chi connectivity index (χ0n) is 14.3. The van der Waals surface area contributed by atoms with Crippen molar-refractivity contribution >= 4 is 5.91 Å². The Kier molecular flexibility index (Phi) is 5.45. The second-order valence-corrected chi connectivity index (χ2v) is 6.19. The average Bonchev–Trinajstić information content (AvgIpc) is 3.16. The van der Waals surface area contributed by atoms with Gasteiger partial charge in [-0.2, -0.15) is 0 Å². The highest BCUT2D eigenvalue weighted by Gasteiger charge is 2.31. The highest BCUT2D eigenvalue weighted by Crippen LogP contribution is 2.38. The number of methoxy groups -OCH3 is 2. The highest BCUT2D eigenvalue weighted by atomic mass is 16.5. The van der Waals surface area contributed by atoms with Crippen molar-refractivity contribution in [1.29, 1.82) is 0 Å². The van der Waals surface area contributed by atoms with Gasteiger partial charge >= 0.3 is 0 Å². The maximum atomic E-state index is 12.4. The molecule has 1 aromatic carbocycles. The van der Waals surface area contributed by atoms with E-state index in [-0.39, 0.29) is 17.9 Å². The SMILES string of the molecule is COc1cccc(OC)c1OC1CCN(C(=O)[C@H]2CCOC2)CC1. The van der Waals surface area contributed by atoms with Gasteiger partial charge in [-0.1, -0.05) is 6.07 Å². The first-order chi connectivity index (χ1) is 11.7. The first-order valence-electron chi connectivity index (χ1n) is 8.47. The lowest BCUT2D eigenvalue weighted by atomic mass is 10.0. The monoisotopic (exact) mass is 335 g/mol. The Bertz CT molecular complexity index is 540. The van der Waals surface area contributed by atoms with E-state index in [1.54, 1.807) is 14.2 Å². The number of piperidine rings is 1. The number of carbonyl (C=O) groups excluding carboxylic acids is 1. The van der Waals surface area contributed by atoms with Gasteiger partial charge in [0, 0.05) is 32.5 Å². The third kappa shape index (κ3) is 3.59. The number of hydrogen-bond acceptors (Lipinski definition) is 5. The second kappa shape index (κ2) is 7.75. The smallest absolute Gasteiger partial charge is 0.228 e. The van der Waals surface area contributed by atoms with Crippen LogP contribution in [0.1, 0.15) is 19.3 Å². The van der Waals surface area contributed by atoms with Crippen molar-refractivity contribution in [3.05, 3.63) is 18.2 Å². The fraction of sp³-hybridized carbons (Fsp3) is 0.611. The van der Waals surface area contributed by atoms with Gasteiger partial charge in [0.2, 0.25) is 11.7 Å². The summed E-state index contributed by atoms with van der Waals surface area (Å²) in [6.45, 7) is 2.70. The Morgan fingerprint density at radius 3 is 2.33 bits per heavy atom. The number of hydrogen-bond donors (Lipinski definition) is 0. The Morgan fingerprint density at radius 1 is 1.12 bits per heavy atom. The quantitative estimate of drug-likeness (QED) is 0.825. The Hall–Kier alpha value is -1.95. The van der Waals surface area contributed by atoms with Gasteiger partial charge in [-0.15, -0.1) is 0 Å². The Balaban J connectivity index is 1.58. The van der Waals surface area contributed by atoms with Crippen molar-refractivity contribution in [3.63, 3.8) is 0 Å². The summed E-state index contributed by atoms with van der Waals surface area (Å²) in [5.74, 6) is 2.22. The fourth-order valence-electron chi connectivity index (χ4n) is 3.28. The predicted octanol–water partition coefficient (Wildman–Crippen LogP) is 2.11. The lowest BCUT2D eigenvalue weighted by molar-refractivity contribution is -0.137. The van der Waals surface area contributed by atoms with E-state index >= 15 is 0 Å². The standard InChI is InChI=1S/C18H25NO5/c1-21-15-4-3-5-16(22-2)17(15)24-14-6-9-19(10-7-14)18(20)13-8-11-23-12-13/h3-5,13-14H,6-12H2,1-2H3/t13-/m0/s1. The van der Waals surface area contributed by atoms with Crippen molar-refractivity contribution in [2.24, 2.45) is 5.92 Å². The lowest BCUT2D eigenvalue weighted by Gasteiger charge is -2.33. The third-order valence-electron chi connectivity index (χ3n) is 4.70. The van der Waals surface area contributed by atoms with E-state index in [0.29, 0.717) is 30.5 Å². The Labute approximate surface area is 142 Å². The van der Waals surface area contributed by atoms with Crippen LogP contribution in [-0.2, 0) is 9.53 Å². The number of carbonyl (C=O) groups is 1. The highest BCUT2D eigenvalue weighted by molar-refractivity contribution is 5.79. The molecule has 1 aromatic rings. The average molecular weight is 335 g/mol. The summed E-state index contributed by atoms with van der Waals surface area (Å²) >= 11 is 0. The molecule has 24 heavy (non-hydrogen) atoms. The van der Waals surface area contributed by atoms with Crippen LogP contribution in [-0.4, -0.2) is 57.4 Å². The zero-order valence-corrected chi connectivity index (χ0v) is 14.3. The van der Waals surface area contributed by atoms with Gasteiger partial charge in [0.1, 0.15) is 6.10 Å². The van der Waals surface area contributed by atoms with Crippen molar-refractivity contribution in [1.82, 2.24) is 4.90 Å². The summed E-state index contributed by atoms with van der Waals surface area (Å²) in [6, 6.07) is 5.59. The minimum absolute atomic E-state index is 0.0387. The molecule has 1 amide bonds. The molecule has 6 nitrogen and oxygen atoms in total. The van der Waals surface area contributed by atoms with Gasteiger partial charge in [-0.05, 0) is 18.6 Å². The van der Waals surface area contributed by atoms with Crippen LogP contribution in [0.5, 0.6) is 17.2 Å². The number of rotatable bonds is 5. The molecule has 2 aliphatic rings. The summed E-state index contributed by atoms with van der Waals surface area (Å²) in [4.78, 5) is 14.4. The maximum absolute atomic E-state index is 12.4. The lowest BCUT2D eigenvalue weighted by Crippen LogP contribution is -2.44. The number of nitrogens with zero attached hydrogens (tertiary/aromatic N) is 1. The second-order valence-electron chi connectivity index (χ2n) is 6.19. The van der Waals surface area contributed by atoms with Gasteiger partial charge in [0.05, 0.1) is 26.7 Å². The molecule has 3 rings (SSSR count). The molecule has 132 valence electrons. The molecule has 0 radical (unpaired) electrons. The van der Waals surface area contributed by atoms with Crippen LogP contribution in [0.15, 0.2) is 18.2 Å². The first kappa shape index (κ1) is 16.9. The molecule has 0 aliphatic carbocycles. The van der Waals surface area contributed by atoms with Gasteiger partial charge in [-0.3, -0.25) is 4.79 Å². The molecular weight excluding hydrogens is 310 g/mol. The van der Waals surface area contributed by atoms with Crippen LogP contribution < -0.4 is 14.2 Å². The molecule has 2 heterocycles. The third-order valence-corrected chi connectivity index (χ3v) is 4.70. The van der Waals surface area contributed by atoms with Crippen molar-refractivity contribution in [3.8, 4) is 17.2 Å². The summed E-state index contributed by atoms with van der Waals surface area (Å²) in [7, 11) is 3.24. The van der Waals surface area contributed by atoms with E-state index in [4.69, 9.17) is 18.9 Å². The summed E-state index contributed by atoms with van der Waals surface area (Å²) in [5, 5.41) is 0. The molecular formula is C18H25NO5. The summed E-state index contributed by atoms with van der Waals surface area (Å²) in [5.41, 5.74) is 0. The van der Waals surface area contributed by atoms with Crippen LogP contribution in [0.3, 0.4) is 0 Å². The van der Waals surface area contributed by atoms with Gasteiger partial charge in [-0.25, -0.2) is 0 Å². The van der Waals surface area contributed by atoms with E-state index < -0.39 is 0 Å². The predicted molar refractivity (Wildman–Crippen MR) is 88.7 cm³/mol. The van der Waals surface area contributed by atoms with Gasteiger partial charge < -0.3 is 23.8 Å². The minimum atomic E-state index is 0.0387. The number of amides is 1. The minimum Gasteiger partial charge on any atom is -0.493 e. The van der Waals surface area contributed by atoms with Crippen molar-refractivity contribution in [2.45, 2.75) is 25.4 Å². The van der Waals surface area contributed by atoms with E-state index in [2.05, 4.69) is 0 Å². The van der Waals surface area contributed by atoms with E-state index in [0.717, 1.165) is 32.4 Å². The molecule has 2 saturated heterocycles. The fourth-order valence-corrected chi connectivity index (χ4v) is 3.28. The molecule has 0 bridgehead atoms. The van der Waals surface area contributed by atoms with Gasteiger partial charge in [0.15, 0.2) is 11.5 Å². The number of para-hydroxylation sites is 1. The molecule has 0 N–H and O–H groups in total. The molecule has 2 aliphatic heterocycles. The van der Waals surface area contributed by atoms with Crippen molar-refractivity contribution in [2.75, 3.05) is 40.5 Å². The first-order valence-corrected chi connectivity index (χ1v) is 8.47. The molecule has 0 saturated carbocycles. The van der Waals surface area contributed by atoms with E-state index in [1.165, 1.54) is 0 Å². The van der Waals surface area contributed by atoms with Crippen LogP contribution in [0, 0.1) is 5.92 Å². The van der Waals surface area contributed by atoms with Crippen LogP contribution in [0.25, 0.3) is 0 Å². The normalized spacial score (nSPS) is 21.6. The zero-order chi connectivity index (χ0) is 16.9. The molecule has 0 unspecified atom stereocenters. The topological polar surface area (TPSA) is 57.2 Å². The van der Waals surface area contributed by atoms with Crippen LogP contribution in [0.4, 0.5) is 0 Å². The molecule has 6 heteroatoms. The number of benzene rings is 1. The number of likely N-dealkylation sites (tertiary alicyclic amines) is 1. The van der Waals surface area contributed by atoms with E-state index in [1.807, 2.05) is 23.1 Å². The van der Waals surface area contributed by atoms with Gasteiger partial charge in [0.25, 0.3) is 0 Å². The molecule has 0 spiro atoms. The molecule has 0 aromatic heterocycles. The van der Waals surface area contributed by atoms with Crippen LogP contribution >= 0.6 is 0 Å². The molecule has 1 atom stereocenters. The number of ether oxygens (including phenoxy) is 4. The van der Waals surface area contributed by atoms with Crippen molar-refractivity contribution < 1.29 is 23.7 Å². The van der Waals surface area contributed by atoms with Crippen LogP contribution in [0.2, 0.25) is 0 Å². The maximum Gasteiger partial charge on any atom is 0.228 e. The summed E-state index contributed by atoms with van der Waals surface area (Å²) in [6.07, 6.45) is 2.51. The molecule has 2 fully saturated rings. The Morgan fingerprint density at radius 2 is 1.79 bits per heavy atom.